The maximum atomic E-state index is 11.7. The molecular weight excluding hydrogens is 288 g/mol. The monoisotopic (exact) mass is 316 g/mol. The van der Waals surface area contributed by atoms with Crippen LogP contribution in [0.5, 0.6) is 5.75 Å². The summed E-state index contributed by atoms with van der Waals surface area (Å²) in [6.07, 6.45) is 8.25. The van der Waals surface area contributed by atoms with Gasteiger partial charge in [0.15, 0.2) is 0 Å². The highest BCUT2D eigenvalue weighted by atomic mass is 16.5. The molecule has 0 fully saturated rings. The first kappa shape index (κ1) is 17.4. The minimum absolute atomic E-state index is 0.120. The van der Waals surface area contributed by atoms with Crippen LogP contribution in [0.15, 0.2) is 29.8 Å². The highest BCUT2D eigenvalue weighted by Gasteiger charge is 2.05. The third-order valence-electron chi connectivity index (χ3n) is 3.97. The molecule has 126 valence electrons. The number of carbonyl (C=O) groups is 1. The summed E-state index contributed by atoms with van der Waals surface area (Å²) in [5, 5.41) is 5.73. The minimum atomic E-state index is -0.120. The van der Waals surface area contributed by atoms with E-state index in [-0.39, 0.29) is 6.03 Å². The average Bonchev–Trinajstić information content (AvgIpc) is 2.52. The molecule has 23 heavy (non-hydrogen) atoms. The van der Waals surface area contributed by atoms with Crippen molar-refractivity contribution in [2.45, 2.75) is 46.0 Å². The van der Waals surface area contributed by atoms with Crippen molar-refractivity contribution in [1.82, 2.24) is 10.6 Å². The normalized spacial score (nSPS) is 14.1. The fraction of sp³-hybridized carbons (Fsp3) is 0.526. The molecule has 4 nitrogen and oxygen atoms in total. The van der Waals surface area contributed by atoms with E-state index >= 15 is 0 Å². The van der Waals surface area contributed by atoms with Crippen molar-refractivity contribution in [3.05, 3.63) is 41.0 Å². The SMILES string of the molecule is Cc1cc(C)cc(OCCNC(=O)NCCC2=CCCCC2)c1. The van der Waals surface area contributed by atoms with Crippen LogP contribution >= 0.6 is 0 Å². The second-order valence-electron chi connectivity index (χ2n) is 6.21. The van der Waals surface area contributed by atoms with Gasteiger partial charge >= 0.3 is 6.03 Å². The zero-order valence-corrected chi connectivity index (χ0v) is 14.3. The van der Waals surface area contributed by atoms with Crippen LogP contribution < -0.4 is 15.4 Å². The fourth-order valence-electron chi connectivity index (χ4n) is 2.88. The predicted molar refractivity (Wildman–Crippen MR) is 94.0 cm³/mol. The van der Waals surface area contributed by atoms with Gasteiger partial charge in [-0.05, 0) is 69.2 Å². The Morgan fingerprint density at radius 3 is 2.52 bits per heavy atom. The number of aryl methyl sites for hydroxylation is 2. The highest BCUT2D eigenvalue weighted by molar-refractivity contribution is 5.73. The molecule has 0 radical (unpaired) electrons. The van der Waals surface area contributed by atoms with Crippen molar-refractivity contribution < 1.29 is 9.53 Å². The van der Waals surface area contributed by atoms with Gasteiger partial charge in [-0.1, -0.05) is 17.7 Å². The number of hydrogen-bond donors (Lipinski definition) is 2. The van der Waals surface area contributed by atoms with E-state index in [2.05, 4.69) is 22.8 Å². The summed E-state index contributed by atoms with van der Waals surface area (Å²) in [7, 11) is 0. The van der Waals surface area contributed by atoms with Crippen LogP contribution in [0, 0.1) is 13.8 Å². The van der Waals surface area contributed by atoms with Crippen LogP contribution in [-0.2, 0) is 0 Å². The summed E-state index contributed by atoms with van der Waals surface area (Å²) < 4.78 is 5.67. The summed E-state index contributed by atoms with van der Waals surface area (Å²) in [4.78, 5) is 11.7. The van der Waals surface area contributed by atoms with Gasteiger partial charge in [-0.15, -0.1) is 0 Å². The number of allylic oxidation sites excluding steroid dienone is 1. The summed E-state index contributed by atoms with van der Waals surface area (Å²) in [5.41, 5.74) is 3.85. The first-order chi connectivity index (χ1) is 11.1. The predicted octanol–water partition coefficient (Wildman–Crippen LogP) is 3.87. The topological polar surface area (TPSA) is 50.4 Å². The minimum Gasteiger partial charge on any atom is -0.492 e. The standard InChI is InChI=1S/C19H28N2O2/c1-15-12-16(2)14-18(13-15)23-11-10-21-19(22)20-9-8-17-6-4-3-5-7-17/h6,12-14H,3-5,7-11H2,1-2H3,(H2,20,21,22). The van der Waals surface area contributed by atoms with Gasteiger partial charge in [-0.3, -0.25) is 0 Å². The van der Waals surface area contributed by atoms with Gasteiger partial charge in [0.1, 0.15) is 12.4 Å². The summed E-state index contributed by atoms with van der Waals surface area (Å²) in [6.45, 7) is 5.78. The Kier molecular flexibility index (Phi) is 6.98. The van der Waals surface area contributed by atoms with Crippen molar-refractivity contribution in [2.75, 3.05) is 19.7 Å². The maximum Gasteiger partial charge on any atom is 0.314 e. The number of benzene rings is 1. The van der Waals surface area contributed by atoms with E-state index in [0.717, 1.165) is 12.2 Å². The van der Waals surface area contributed by atoms with Crippen LogP contribution in [-0.4, -0.2) is 25.7 Å². The van der Waals surface area contributed by atoms with Gasteiger partial charge in [0.05, 0.1) is 6.54 Å². The second kappa shape index (κ2) is 9.23. The van der Waals surface area contributed by atoms with Crippen molar-refractivity contribution in [3.63, 3.8) is 0 Å². The van der Waals surface area contributed by atoms with Gasteiger partial charge in [0, 0.05) is 6.54 Å². The molecule has 0 spiro atoms. The number of carbonyl (C=O) groups excluding carboxylic acids is 1. The molecule has 4 heteroatoms. The van der Waals surface area contributed by atoms with E-state index in [9.17, 15) is 4.79 Å². The van der Waals surface area contributed by atoms with E-state index in [1.54, 1.807) is 0 Å². The first-order valence-corrected chi connectivity index (χ1v) is 8.54. The molecule has 2 rings (SSSR count). The van der Waals surface area contributed by atoms with Crippen LogP contribution in [0.2, 0.25) is 0 Å². The number of ether oxygens (including phenoxy) is 1. The Morgan fingerprint density at radius 1 is 1.09 bits per heavy atom. The zero-order valence-electron chi connectivity index (χ0n) is 14.3. The molecule has 2 N–H and O–H groups in total. The van der Waals surface area contributed by atoms with Gasteiger partial charge < -0.3 is 15.4 Å². The number of rotatable bonds is 7. The van der Waals surface area contributed by atoms with E-state index in [1.165, 1.54) is 42.4 Å². The number of amides is 2. The Morgan fingerprint density at radius 2 is 1.83 bits per heavy atom. The largest absolute Gasteiger partial charge is 0.492 e. The molecule has 0 aliphatic heterocycles. The first-order valence-electron chi connectivity index (χ1n) is 8.54. The molecule has 0 heterocycles. The molecular formula is C19H28N2O2. The van der Waals surface area contributed by atoms with E-state index in [1.807, 2.05) is 26.0 Å². The van der Waals surface area contributed by atoms with Crippen molar-refractivity contribution >= 4 is 6.03 Å². The summed E-state index contributed by atoms with van der Waals surface area (Å²) in [6, 6.07) is 6.00. The van der Waals surface area contributed by atoms with Gasteiger partial charge in [-0.25, -0.2) is 4.79 Å². The maximum absolute atomic E-state index is 11.7. The zero-order chi connectivity index (χ0) is 16.5. The molecule has 1 aliphatic rings. The van der Waals surface area contributed by atoms with Crippen LogP contribution in [0.4, 0.5) is 4.79 Å². The van der Waals surface area contributed by atoms with Crippen molar-refractivity contribution in [1.29, 1.82) is 0 Å². The average molecular weight is 316 g/mol. The number of hydrogen-bond acceptors (Lipinski definition) is 2. The molecule has 0 atom stereocenters. The second-order valence-corrected chi connectivity index (χ2v) is 6.21. The molecule has 0 aromatic heterocycles. The lowest BCUT2D eigenvalue weighted by Gasteiger charge is -2.13. The highest BCUT2D eigenvalue weighted by Crippen LogP contribution is 2.19. The van der Waals surface area contributed by atoms with Gasteiger partial charge in [0.25, 0.3) is 0 Å². The van der Waals surface area contributed by atoms with Crippen molar-refractivity contribution in [3.8, 4) is 5.75 Å². The molecule has 0 saturated heterocycles. The van der Waals surface area contributed by atoms with Crippen LogP contribution in [0.25, 0.3) is 0 Å². The number of nitrogens with one attached hydrogen (secondary N) is 2. The molecule has 1 aromatic rings. The Hall–Kier alpha value is -1.97. The van der Waals surface area contributed by atoms with Crippen LogP contribution in [0.3, 0.4) is 0 Å². The summed E-state index contributed by atoms with van der Waals surface area (Å²) in [5.74, 6) is 0.856. The molecule has 0 saturated carbocycles. The molecule has 0 bridgehead atoms. The van der Waals surface area contributed by atoms with Crippen LogP contribution in [0.1, 0.15) is 43.2 Å². The smallest absolute Gasteiger partial charge is 0.314 e. The quantitative estimate of drug-likeness (QED) is 0.592. The Bertz CT molecular complexity index is 532. The lowest BCUT2D eigenvalue weighted by Crippen LogP contribution is -2.38. The molecule has 1 aromatic carbocycles. The van der Waals surface area contributed by atoms with E-state index < -0.39 is 0 Å². The lowest BCUT2D eigenvalue weighted by atomic mass is 9.97. The molecule has 0 unspecified atom stereocenters. The third-order valence-corrected chi connectivity index (χ3v) is 3.97. The van der Waals surface area contributed by atoms with E-state index in [4.69, 9.17) is 4.74 Å². The summed E-state index contributed by atoms with van der Waals surface area (Å²) >= 11 is 0. The Labute approximate surface area is 139 Å². The van der Waals surface area contributed by atoms with E-state index in [0.29, 0.717) is 19.7 Å². The number of urea groups is 1. The van der Waals surface area contributed by atoms with Crippen molar-refractivity contribution in [2.24, 2.45) is 0 Å². The Balaban J connectivity index is 1.56. The molecule has 2 amide bonds. The van der Waals surface area contributed by atoms with Gasteiger partial charge in [-0.2, -0.15) is 0 Å². The van der Waals surface area contributed by atoms with Gasteiger partial charge in [0.2, 0.25) is 0 Å². The lowest BCUT2D eigenvalue weighted by molar-refractivity contribution is 0.236. The third kappa shape index (κ3) is 6.76. The fourth-order valence-corrected chi connectivity index (χ4v) is 2.88. The molecule has 1 aliphatic carbocycles.